The molecule has 0 spiro atoms. The molecule has 4 heterocycles. The van der Waals surface area contributed by atoms with Crippen LogP contribution in [0.4, 0.5) is 10.6 Å². The summed E-state index contributed by atoms with van der Waals surface area (Å²) < 4.78 is 13.0. The van der Waals surface area contributed by atoms with Crippen LogP contribution in [0.15, 0.2) is 60.2 Å². The molecule has 3 fully saturated rings. The Labute approximate surface area is 307 Å². The molecule has 5 amide bonds. The molecule has 2 aliphatic carbocycles. The van der Waals surface area contributed by atoms with Gasteiger partial charge in [0.25, 0.3) is 0 Å². The number of nitrogens with zero attached hydrogens (tertiary/aromatic N) is 4. The molecule has 2 aromatic heterocycles. The Morgan fingerprint density at radius 1 is 1.06 bits per heavy atom. The van der Waals surface area contributed by atoms with Gasteiger partial charge in [0.05, 0.1) is 41.8 Å². The fourth-order valence-electron chi connectivity index (χ4n) is 9.02. The van der Waals surface area contributed by atoms with Crippen molar-refractivity contribution in [3.8, 4) is 16.3 Å². The Morgan fingerprint density at radius 2 is 1.81 bits per heavy atom. The highest BCUT2D eigenvalue weighted by molar-refractivity contribution is 7.22. The molecule has 52 heavy (non-hydrogen) atoms. The largest absolute Gasteiger partial charge is 0.491 e. The zero-order chi connectivity index (χ0) is 36.8. The molecule has 1 saturated carbocycles. The van der Waals surface area contributed by atoms with Gasteiger partial charge in [-0.2, -0.15) is 10.00 Å². The van der Waals surface area contributed by atoms with Gasteiger partial charge in [0, 0.05) is 28.8 Å². The summed E-state index contributed by atoms with van der Waals surface area (Å²) in [5, 5.41) is 15.6. The lowest BCUT2D eigenvalue weighted by Crippen LogP contribution is -2.49. The van der Waals surface area contributed by atoms with Crippen molar-refractivity contribution in [1.29, 1.82) is 0 Å². The lowest BCUT2D eigenvalue weighted by molar-refractivity contribution is -0.138. The van der Waals surface area contributed by atoms with Crippen molar-refractivity contribution in [1.82, 2.24) is 14.7 Å². The topological polar surface area (TPSA) is 148 Å². The highest BCUT2D eigenvalue weighted by atomic mass is 35.5. The summed E-state index contributed by atoms with van der Waals surface area (Å²) >= 11 is 7.84. The summed E-state index contributed by atoms with van der Waals surface area (Å²) in [4.78, 5) is 72.2. The average Bonchev–Trinajstić information content (AvgIpc) is 3.80. The lowest BCUT2D eigenvalue weighted by atomic mass is 9.51. The van der Waals surface area contributed by atoms with Gasteiger partial charge in [0.1, 0.15) is 23.9 Å². The molecule has 2 saturated heterocycles. The van der Waals surface area contributed by atoms with Crippen LogP contribution in [-0.2, 0) is 31.0 Å². The third kappa shape index (κ3) is 4.82. The average molecular weight is 743 g/mol. The first-order valence-corrected chi connectivity index (χ1v) is 18.2. The van der Waals surface area contributed by atoms with E-state index in [4.69, 9.17) is 26.2 Å². The minimum Gasteiger partial charge on any atom is -0.491 e. The van der Waals surface area contributed by atoms with Gasteiger partial charge in [-0.3, -0.25) is 23.9 Å². The van der Waals surface area contributed by atoms with Crippen molar-refractivity contribution in [2.45, 2.75) is 32.6 Å². The third-order valence-electron chi connectivity index (χ3n) is 11.4. The number of ether oxygens (including phenoxy) is 2. The standard InChI is InChI=1S/C38H35ClN4O8S/c1-18-24-15-20(39)7-12-28(24)52-32(18)27-17-29(41(3)40-27)42-34(46)26-16-25-22(10-11-23-30(25)35(47)43(33(23)45)37(49)50-4)31(38(26,2)36(42)48)19-5-8-21(9-6-19)51-14-13-44/h5-10,12,15,17,23,25-26,30-31,44H,11,13-14,16H2,1-4H3/t23-,25+,26-,30-,31-,38+/m0/s1. The maximum Gasteiger partial charge on any atom is 0.423 e. The van der Waals surface area contributed by atoms with Crippen LogP contribution < -0.4 is 9.64 Å². The molecule has 4 aliphatic rings. The van der Waals surface area contributed by atoms with Gasteiger partial charge >= 0.3 is 6.09 Å². The molecule has 12 nitrogen and oxygen atoms in total. The number of aliphatic hydroxyl groups excluding tert-OH is 1. The molecule has 0 unspecified atom stereocenters. The first kappa shape index (κ1) is 34.2. The number of halogens is 1. The number of thiophene rings is 1. The number of aryl methyl sites for hydroxylation is 2. The molecular weight excluding hydrogens is 708 g/mol. The quantitative estimate of drug-likeness (QED) is 0.196. The molecule has 14 heteroatoms. The molecule has 0 bridgehead atoms. The zero-order valence-corrected chi connectivity index (χ0v) is 30.4. The van der Waals surface area contributed by atoms with Crippen LogP contribution >= 0.6 is 22.9 Å². The SMILES string of the molecule is COC(=O)N1C(=O)[C@H]2[C@H](CC=C3[C@H]2C[C@H]2C(=O)N(c4cc(-c5sc6ccc(Cl)cc6c5C)nn4C)C(=O)[C@@]2(C)[C@H]3c2ccc(OCCO)cc2)C1=O. The molecular formula is C38H35ClN4O8S. The van der Waals surface area contributed by atoms with Crippen molar-refractivity contribution in [2.24, 2.45) is 36.1 Å². The molecule has 8 rings (SSSR count). The number of hydrogen-bond acceptors (Lipinski definition) is 10. The number of carbonyl (C=O) groups excluding carboxylic acids is 5. The second-order valence-corrected chi connectivity index (χ2v) is 15.5. The van der Waals surface area contributed by atoms with E-state index in [-0.39, 0.29) is 26.1 Å². The summed E-state index contributed by atoms with van der Waals surface area (Å²) in [5.74, 6) is -5.04. The van der Waals surface area contributed by atoms with Crippen LogP contribution in [0.5, 0.6) is 5.75 Å². The molecule has 1 N–H and O–H groups in total. The minimum absolute atomic E-state index is 0.106. The first-order chi connectivity index (χ1) is 24.9. The van der Waals surface area contributed by atoms with Crippen molar-refractivity contribution >= 4 is 68.6 Å². The van der Waals surface area contributed by atoms with E-state index in [9.17, 15) is 29.1 Å². The summed E-state index contributed by atoms with van der Waals surface area (Å²) in [7, 11) is 2.81. The Morgan fingerprint density at radius 3 is 2.52 bits per heavy atom. The van der Waals surface area contributed by atoms with E-state index < -0.39 is 64.7 Å². The number of likely N-dealkylation sites (tertiary alicyclic amines) is 1. The summed E-state index contributed by atoms with van der Waals surface area (Å²) in [6.07, 6.45) is 1.21. The monoisotopic (exact) mass is 742 g/mol. The van der Waals surface area contributed by atoms with Crippen LogP contribution in [0, 0.1) is 36.0 Å². The number of hydrogen-bond donors (Lipinski definition) is 1. The number of aliphatic hydroxyl groups is 1. The third-order valence-corrected chi connectivity index (χ3v) is 13.0. The van der Waals surface area contributed by atoms with E-state index in [0.29, 0.717) is 27.2 Å². The smallest absolute Gasteiger partial charge is 0.423 e. The summed E-state index contributed by atoms with van der Waals surface area (Å²) in [6, 6.07) is 14.6. The van der Waals surface area contributed by atoms with Crippen LogP contribution in [0.3, 0.4) is 0 Å². The highest BCUT2D eigenvalue weighted by Gasteiger charge is 2.68. The second kappa shape index (κ2) is 12.4. The first-order valence-electron chi connectivity index (χ1n) is 17.0. The number of carbonyl (C=O) groups is 5. The van der Waals surface area contributed by atoms with E-state index in [0.717, 1.165) is 38.8 Å². The molecule has 2 aliphatic heterocycles. The van der Waals surface area contributed by atoms with E-state index in [1.54, 1.807) is 48.2 Å². The van der Waals surface area contributed by atoms with Crippen LogP contribution in [0.25, 0.3) is 20.7 Å². The van der Waals surface area contributed by atoms with Gasteiger partial charge in [0.2, 0.25) is 23.6 Å². The van der Waals surface area contributed by atoms with Crippen molar-refractivity contribution in [2.75, 3.05) is 25.2 Å². The Bertz CT molecular complexity index is 2240. The number of imide groups is 4. The van der Waals surface area contributed by atoms with E-state index in [1.165, 1.54) is 4.90 Å². The van der Waals surface area contributed by atoms with Gasteiger partial charge in [0.15, 0.2) is 0 Å². The van der Waals surface area contributed by atoms with Gasteiger partial charge in [-0.1, -0.05) is 35.4 Å². The maximum atomic E-state index is 15.0. The predicted octanol–water partition coefficient (Wildman–Crippen LogP) is 5.63. The zero-order valence-electron chi connectivity index (χ0n) is 28.8. The number of amides is 5. The minimum atomic E-state index is -1.28. The van der Waals surface area contributed by atoms with Crippen LogP contribution in [0.1, 0.15) is 36.8 Å². The van der Waals surface area contributed by atoms with Crippen molar-refractivity contribution in [3.05, 3.63) is 76.3 Å². The number of benzene rings is 2. The second-order valence-electron chi connectivity index (χ2n) is 14.0. The summed E-state index contributed by atoms with van der Waals surface area (Å²) in [6.45, 7) is 3.75. The Balaban J connectivity index is 1.23. The fourth-order valence-corrected chi connectivity index (χ4v) is 10.3. The van der Waals surface area contributed by atoms with E-state index >= 15 is 0 Å². The number of anilines is 1. The number of aromatic nitrogens is 2. The predicted molar refractivity (Wildman–Crippen MR) is 192 cm³/mol. The van der Waals surface area contributed by atoms with Crippen molar-refractivity contribution in [3.63, 3.8) is 0 Å². The fraction of sp³-hybridized carbons (Fsp3) is 0.368. The summed E-state index contributed by atoms with van der Waals surface area (Å²) in [5.41, 5.74) is 1.83. The van der Waals surface area contributed by atoms with Gasteiger partial charge < -0.3 is 14.6 Å². The molecule has 4 aromatic rings. The van der Waals surface area contributed by atoms with Crippen LogP contribution in [-0.4, -0.2) is 69.8 Å². The number of rotatable bonds is 6. The Hall–Kier alpha value is -4.85. The Kier molecular flexibility index (Phi) is 8.16. The lowest BCUT2D eigenvalue weighted by Gasteiger charge is -2.49. The van der Waals surface area contributed by atoms with Gasteiger partial charge in [-0.05, 0) is 79.5 Å². The van der Waals surface area contributed by atoms with Gasteiger partial charge in [-0.25, -0.2) is 9.69 Å². The normalized spacial score (nSPS) is 26.8. The van der Waals surface area contributed by atoms with E-state index in [2.05, 4.69) is 0 Å². The number of methoxy groups -OCH3 is 1. The van der Waals surface area contributed by atoms with Crippen LogP contribution in [0.2, 0.25) is 5.02 Å². The molecule has 2 aromatic carbocycles. The van der Waals surface area contributed by atoms with Crippen molar-refractivity contribution < 1.29 is 38.6 Å². The highest BCUT2D eigenvalue weighted by Crippen LogP contribution is 2.63. The molecule has 6 atom stereocenters. The van der Waals surface area contributed by atoms with Gasteiger partial charge in [-0.15, -0.1) is 11.3 Å². The molecule has 268 valence electrons. The van der Waals surface area contributed by atoms with E-state index in [1.807, 2.05) is 43.3 Å². The number of fused-ring (bicyclic) bond motifs is 5. The maximum absolute atomic E-state index is 15.0. The number of allylic oxidation sites excluding steroid dienone is 2. The molecule has 0 radical (unpaired) electrons.